The van der Waals surface area contributed by atoms with Gasteiger partial charge in [0.15, 0.2) is 0 Å². The number of aldehydes is 1. The average Bonchev–Trinajstić information content (AvgIpc) is 3.59. The van der Waals surface area contributed by atoms with Crippen molar-refractivity contribution < 1.29 is 32.6 Å². The van der Waals surface area contributed by atoms with Gasteiger partial charge in [0.2, 0.25) is 0 Å². The molecule has 2 saturated heterocycles. The van der Waals surface area contributed by atoms with Gasteiger partial charge >= 0.3 is 12.1 Å². The third-order valence-corrected chi connectivity index (χ3v) is 12.2. The molecule has 0 aromatic rings. The smallest absolute Gasteiger partial charge is 0.391 e. The first kappa shape index (κ1) is 26.8. The van der Waals surface area contributed by atoms with Gasteiger partial charge in [0.25, 0.3) is 0 Å². The van der Waals surface area contributed by atoms with E-state index in [0.717, 1.165) is 44.0 Å². The Hall–Kier alpha value is -1.41. The number of fused-ring (bicyclic) bond motifs is 2. The first-order chi connectivity index (χ1) is 17.9. The minimum absolute atomic E-state index is 0.00489. The van der Waals surface area contributed by atoms with Crippen LogP contribution in [0.3, 0.4) is 0 Å². The lowest BCUT2D eigenvalue weighted by Gasteiger charge is -2.60. The summed E-state index contributed by atoms with van der Waals surface area (Å²) in [7, 11) is 0. The molecule has 6 rings (SSSR count). The molecular formula is C30H42F3NO4. The Bertz CT molecular complexity index is 1020. The van der Waals surface area contributed by atoms with Crippen molar-refractivity contribution in [1.29, 1.82) is 0 Å². The second-order valence-electron chi connectivity index (χ2n) is 13.8. The second kappa shape index (κ2) is 8.79. The van der Waals surface area contributed by atoms with Crippen LogP contribution in [0, 0.1) is 51.8 Å². The molecule has 6 unspecified atom stereocenters. The zero-order valence-electron chi connectivity index (χ0n) is 22.8. The van der Waals surface area contributed by atoms with Crippen LogP contribution in [-0.2, 0) is 14.3 Å². The van der Waals surface area contributed by atoms with E-state index in [-0.39, 0.29) is 42.8 Å². The maximum Gasteiger partial charge on any atom is 0.391 e. The number of hydrogen-bond acceptors (Lipinski definition) is 4. The molecule has 2 heterocycles. The Balaban J connectivity index is 1.31. The zero-order chi connectivity index (χ0) is 27.3. The van der Waals surface area contributed by atoms with E-state index in [0.29, 0.717) is 37.9 Å². The first-order valence-corrected chi connectivity index (χ1v) is 14.8. The van der Waals surface area contributed by atoms with Crippen molar-refractivity contribution >= 4 is 12.3 Å². The Kier molecular flexibility index (Phi) is 6.20. The number of hydrogen-bond donors (Lipinski definition) is 1. The number of carboxylic acids is 1. The first-order valence-electron chi connectivity index (χ1n) is 14.8. The number of carbonyl (C=O) groups excluding carboxylic acids is 1. The third kappa shape index (κ3) is 3.25. The molecule has 0 amide bonds. The fraction of sp³-hybridized carbons (Fsp3) is 0.867. The number of carbonyl (C=O) groups is 2. The van der Waals surface area contributed by atoms with Gasteiger partial charge in [-0.15, -0.1) is 0 Å². The summed E-state index contributed by atoms with van der Waals surface area (Å²) in [4.78, 5) is 29.0. The van der Waals surface area contributed by atoms with Crippen LogP contribution in [0.15, 0.2) is 11.6 Å². The molecule has 8 heteroatoms. The van der Waals surface area contributed by atoms with Crippen molar-refractivity contribution in [3.63, 3.8) is 0 Å². The van der Waals surface area contributed by atoms with Crippen LogP contribution < -0.4 is 0 Å². The van der Waals surface area contributed by atoms with Crippen LogP contribution in [0.1, 0.15) is 72.1 Å². The van der Waals surface area contributed by atoms with Crippen LogP contribution in [0.2, 0.25) is 0 Å². The summed E-state index contributed by atoms with van der Waals surface area (Å²) in [5.74, 6) is -1.18. The fourth-order valence-electron chi connectivity index (χ4n) is 10.8. The van der Waals surface area contributed by atoms with Crippen molar-refractivity contribution in [3.05, 3.63) is 11.6 Å². The van der Waals surface area contributed by atoms with Gasteiger partial charge in [0, 0.05) is 12.0 Å². The van der Waals surface area contributed by atoms with Crippen LogP contribution in [-0.4, -0.2) is 60.3 Å². The highest BCUT2D eigenvalue weighted by atomic mass is 19.4. The van der Waals surface area contributed by atoms with E-state index in [1.165, 1.54) is 0 Å². The molecule has 4 bridgehead atoms. The highest BCUT2D eigenvalue weighted by Gasteiger charge is 2.86. The zero-order valence-corrected chi connectivity index (χ0v) is 22.8. The Morgan fingerprint density at radius 3 is 2.47 bits per heavy atom. The number of ether oxygens (including phenoxy) is 1. The van der Waals surface area contributed by atoms with Crippen molar-refractivity contribution in [1.82, 2.24) is 4.90 Å². The van der Waals surface area contributed by atoms with Crippen LogP contribution >= 0.6 is 0 Å². The third-order valence-electron chi connectivity index (χ3n) is 12.2. The van der Waals surface area contributed by atoms with Gasteiger partial charge < -0.3 is 19.5 Å². The number of rotatable bonds is 6. The van der Waals surface area contributed by atoms with Gasteiger partial charge in [-0.1, -0.05) is 38.8 Å². The number of likely N-dealkylation sites (tertiary alicyclic amines) is 1. The van der Waals surface area contributed by atoms with E-state index >= 15 is 0 Å². The molecule has 5 fully saturated rings. The Labute approximate surface area is 223 Å². The predicted molar refractivity (Wildman–Crippen MR) is 135 cm³/mol. The van der Waals surface area contributed by atoms with Crippen LogP contribution in [0.4, 0.5) is 13.2 Å². The standard InChI is InChI=1S/C30H42F3NO4/c1-17(2)24-12-20-13-27(16-35)23-6-4-18(3)22(23)14-28(20,29(24,27)26(36)37)25-7-5-21(38-25)15-34-10-8-19(9-11-34)30(31,32)33/h12,16-23,25H,4-11,13-15H2,1-3H3,(H,36,37)/t18-,20?,21?,22-,23-,25?,27?,28?,29?/m1/s1. The number of alkyl halides is 3. The molecule has 0 aromatic heterocycles. The SMILES string of the molecule is CC(C)C1=CC2CC3(C=O)[C@@H]4CC[C@@H](C)[C@H]4CC2(C2CCC(CN4CCC(C(F)(F)F)CC4)O2)C13C(=O)O. The van der Waals surface area contributed by atoms with Gasteiger partial charge in [-0.2, -0.15) is 13.2 Å². The number of nitrogens with zero attached hydrogens (tertiary/aromatic N) is 1. The number of carboxylic acid groups (broad SMARTS) is 1. The van der Waals surface area contributed by atoms with Crippen molar-refractivity contribution in [2.75, 3.05) is 19.6 Å². The molecule has 0 spiro atoms. The molecule has 5 nitrogen and oxygen atoms in total. The van der Waals surface area contributed by atoms with E-state index < -0.39 is 34.3 Å². The summed E-state index contributed by atoms with van der Waals surface area (Å²) in [6, 6.07) is 0. The Morgan fingerprint density at radius 2 is 1.87 bits per heavy atom. The topological polar surface area (TPSA) is 66.8 Å². The lowest BCUT2D eigenvalue weighted by molar-refractivity contribution is -0.198. The molecule has 4 aliphatic carbocycles. The van der Waals surface area contributed by atoms with Crippen LogP contribution in [0.5, 0.6) is 0 Å². The molecule has 0 radical (unpaired) electrons. The second-order valence-corrected chi connectivity index (χ2v) is 13.8. The molecule has 212 valence electrons. The van der Waals surface area contributed by atoms with E-state index in [4.69, 9.17) is 4.74 Å². The Morgan fingerprint density at radius 1 is 1.16 bits per heavy atom. The molecule has 3 saturated carbocycles. The van der Waals surface area contributed by atoms with Crippen LogP contribution in [0.25, 0.3) is 0 Å². The molecule has 2 aliphatic heterocycles. The van der Waals surface area contributed by atoms with Crippen molar-refractivity contribution in [3.8, 4) is 0 Å². The molecule has 38 heavy (non-hydrogen) atoms. The van der Waals surface area contributed by atoms with E-state index in [1.807, 2.05) is 0 Å². The highest BCUT2D eigenvalue weighted by Crippen LogP contribution is 2.84. The number of piperidine rings is 1. The summed E-state index contributed by atoms with van der Waals surface area (Å²) in [6.07, 6.45) is 3.86. The van der Waals surface area contributed by atoms with Gasteiger partial charge in [-0.05, 0) is 87.6 Å². The lowest BCUT2D eigenvalue weighted by Crippen LogP contribution is -2.65. The van der Waals surface area contributed by atoms with Gasteiger partial charge in [0.05, 0.1) is 23.5 Å². The van der Waals surface area contributed by atoms with E-state index in [1.54, 1.807) is 0 Å². The monoisotopic (exact) mass is 537 g/mol. The maximum atomic E-state index is 13.7. The lowest BCUT2D eigenvalue weighted by atomic mass is 9.41. The minimum atomic E-state index is -4.13. The normalized spacial score (nSPS) is 47.0. The van der Waals surface area contributed by atoms with E-state index in [9.17, 15) is 27.9 Å². The quantitative estimate of drug-likeness (QED) is 0.346. The molecule has 6 aliphatic rings. The summed E-state index contributed by atoms with van der Waals surface area (Å²) in [5.41, 5.74) is -1.85. The van der Waals surface area contributed by atoms with Gasteiger partial charge in [-0.25, -0.2) is 0 Å². The molecule has 1 N–H and O–H groups in total. The van der Waals surface area contributed by atoms with Crippen molar-refractivity contribution in [2.24, 2.45) is 51.8 Å². The summed E-state index contributed by atoms with van der Waals surface area (Å²) < 4.78 is 46.2. The summed E-state index contributed by atoms with van der Waals surface area (Å²) >= 11 is 0. The number of allylic oxidation sites excluding steroid dienone is 1. The summed E-state index contributed by atoms with van der Waals surface area (Å²) in [5, 5.41) is 11.2. The largest absolute Gasteiger partial charge is 0.481 e. The number of aliphatic carboxylic acids is 1. The fourth-order valence-corrected chi connectivity index (χ4v) is 10.8. The minimum Gasteiger partial charge on any atom is -0.481 e. The molecule has 9 atom stereocenters. The van der Waals surface area contributed by atoms with Crippen molar-refractivity contribution in [2.45, 2.75) is 90.5 Å². The van der Waals surface area contributed by atoms with Gasteiger partial charge in [0.1, 0.15) is 11.7 Å². The van der Waals surface area contributed by atoms with E-state index in [2.05, 4.69) is 31.7 Å². The van der Waals surface area contributed by atoms with Gasteiger partial charge in [-0.3, -0.25) is 4.79 Å². The number of halogens is 3. The average molecular weight is 538 g/mol. The molecule has 0 aromatic carbocycles. The highest BCUT2D eigenvalue weighted by molar-refractivity contribution is 5.90. The molecular weight excluding hydrogens is 495 g/mol. The summed E-state index contributed by atoms with van der Waals surface area (Å²) in [6.45, 7) is 7.78. The predicted octanol–water partition coefficient (Wildman–Crippen LogP) is 5.73. The maximum absolute atomic E-state index is 13.7.